The molecule has 2 heterocycles. The average molecular weight is 397 g/mol. The first-order valence-electron chi connectivity index (χ1n) is 9.24. The summed E-state index contributed by atoms with van der Waals surface area (Å²) in [7, 11) is 0. The highest BCUT2D eigenvalue weighted by Gasteiger charge is 2.25. The number of likely N-dealkylation sites (tertiary alicyclic amines) is 1. The Balaban J connectivity index is 1.45. The molecule has 28 heavy (non-hydrogen) atoms. The van der Waals surface area contributed by atoms with Crippen molar-refractivity contribution < 1.29 is 9.18 Å². The summed E-state index contributed by atoms with van der Waals surface area (Å²) in [6.45, 7) is 1.19. The van der Waals surface area contributed by atoms with E-state index in [1.165, 1.54) is 23.9 Å². The zero-order valence-electron chi connectivity index (χ0n) is 15.3. The second-order valence-electron chi connectivity index (χ2n) is 6.85. The molecule has 144 valence electrons. The minimum Gasteiger partial charge on any atom is -0.340 e. The Bertz CT molecular complexity index is 1050. The first-order chi connectivity index (χ1) is 13.6. The summed E-state index contributed by atoms with van der Waals surface area (Å²) >= 11 is 1.39. The van der Waals surface area contributed by atoms with Crippen molar-refractivity contribution in [3.63, 3.8) is 0 Å². The normalized spacial score (nSPS) is 17.0. The average Bonchev–Trinajstić information content (AvgIpc) is 2.74. The highest BCUT2D eigenvalue weighted by molar-refractivity contribution is 8.00. The monoisotopic (exact) mass is 397 g/mol. The maximum Gasteiger partial charge on any atom is 0.261 e. The second kappa shape index (κ2) is 8.14. The number of para-hydroxylation sites is 1. The van der Waals surface area contributed by atoms with Gasteiger partial charge in [-0.3, -0.25) is 14.2 Å². The van der Waals surface area contributed by atoms with Gasteiger partial charge < -0.3 is 4.90 Å². The molecule has 2 aromatic carbocycles. The molecule has 1 unspecified atom stereocenters. The summed E-state index contributed by atoms with van der Waals surface area (Å²) < 4.78 is 14.7. The van der Waals surface area contributed by atoms with Gasteiger partial charge in [0.05, 0.1) is 29.0 Å². The lowest BCUT2D eigenvalue weighted by Crippen LogP contribution is -2.43. The van der Waals surface area contributed by atoms with Crippen molar-refractivity contribution in [3.05, 3.63) is 71.0 Å². The smallest absolute Gasteiger partial charge is 0.261 e. The van der Waals surface area contributed by atoms with Crippen molar-refractivity contribution in [3.8, 4) is 0 Å². The van der Waals surface area contributed by atoms with Crippen LogP contribution in [0.25, 0.3) is 10.9 Å². The van der Waals surface area contributed by atoms with E-state index < -0.39 is 0 Å². The molecule has 0 bridgehead atoms. The van der Waals surface area contributed by atoms with Gasteiger partial charge in [0, 0.05) is 18.0 Å². The molecule has 1 aromatic heterocycles. The van der Waals surface area contributed by atoms with Crippen molar-refractivity contribution >= 4 is 28.6 Å². The number of fused-ring (bicyclic) bond motifs is 1. The minimum atomic E-state index is -0.288. The Morgan fingerprint density at radius 3 is 2.79 bits per heavy atom. The van der Waals surface area contributed by atoms with Crippen LogP contribution in [0.1, 0.15) is 18.9 Å². The van der Waals surface area contributed by atoms with E-state index in [9.17, 15) is 14.0 Å². The third kappa shape index (κ3) is 3.94. The highest BCUT2D eigenvalue weighted by Crippen LogP contribution is 2.23. The fourth-order valence-electron chi connectivity index (χ4n) is 3.52. The summed E-state index contributed by atoms with van der Waals surface area (Å²) in [6.07, 6.45) is 3.28. The Kier molecular flexibility index (Phi) is 5.43. The molecule has 1 amide bonds. The lowest BCUT2D eigenvalue weighted by atomic mass is 10.1. The van der Waals surface area contributed by atoms with Crippen LogP contribution >= 0.6 is 11.8 Å². The van der Waals surface area contributed by atoms with Crippen LogP contribution in [0.3, 0.4) is 0 Å². The van der Waals surface area contributed by atoms with Crippen LogP contribution < -0.4 is 5.56 Å². The molecule has 1 aliphatic rings. The molecular weight excluding hydrogens is 377 g/mol. The predicted octanol–water partition coefficient (Wildman–Crippen LogP) is 3.49. The number of hydrogen-bond donors (Lipinski definition) is 0. The Morgan fingerprint density at radius 2 is 1.96 bits per heavy atom. The molecule has 0 saturated carbocycles. The van der Waals surface area contributed by atoms with Gasteiger partial charge >= 0.3 is 0 Å². The second-order valence-corrected chi connectivity index (χ2v) is 7.90. The molecule has 0 N–H and O–H groups in total. The molecule has 1 saturated heterocycles. The van der Waals surface area contributed by atoms with Crippen molar-refractivity contribution in [2.75, 3.05) is 18.8 Å². The van der Waals surface area contributed by atoms with Crippen LogP contribution in [-0.4, -0.2) is 39.2 Å². The third-order valence-corrected chi connectivity index (χ3v) is 6.01. The largest absolute Gasteiger partial charge is 0.340 e. The number of carbonyl (C=O) groups is 1. The SMILES string of the molecule is O=C(CSc1ccc(F)cc1)N1CCCC(n2cnc3ccccc3c2=O)C1. The number of amides is 1. The van der Waals surface area contributed by atoms with Gasteiger partial charge in [0.15, 0.2) is 0 Å². The topological polar surface area (TPSA) is 55.2 Å². The fraction of sp³-hybridized carbons (Fsp3) is 0.286. The fourth-order valence-corrected chi connectivity index (χ4v) is 4.32. The first-order valence-corrected chi connectivity index (χ1v) is 10.2. The van der Waals surface area contributed by atoms with Crippen molar-refractivity contribution in [1.82, 2.24) is 14.5 Å². The van der Waals surface area contributed by atoms with Gasteiger partial charge in [-0.1, -0.05) is 12.1 Å². The number of nitrogens with zero attached hydrogens (tertiary/aromatic N) is 3. The molecule has 0 radical (unpaired) electrons. The summed E-state index contributed by atoms with van der Waals surface area (Å²) in [6, 6.07) is 13.4. The molecule has 0 spiro atoms. The molecular formula is C21H20FN3O2S. The van der Waals surface area contributed by atoms with E-state index in [1.807, 2.05) is 23.1 Å². The summed E-state index contributed by atoms with van der Waals surface area (Å²) in [5.41, 5.74) is 0.619. The Morgan fingerprint density at radius 1 is 1.18 bits per heavy atom. The number of aromatic nitrogens is 2. The van der Waals surface area contributed by atoms with Crippen molar-refractivity contribution in [1.29, 1.82) is 0 Å². The number of rotatable bonds is 4. The van der Waals surface area contributed by atoms with E-state index in [0.717, 1.165) is 17.7 Å². The minimum absolute atomic E-state index is 0.0285. The highest BCUT2D eigenvalue weighted by atomic mass is 32.2. The number of thioether (sulfide) groups is 1. The lowest BCUT2D eigenvalue weighted by Gasteiger charge is -2.33. The summed E-state index contributed by atoms with van der Waals surface area (Å²) in [4.78, 5) is 32.5. The van der Waals surface area contributed by atoms with Gasteiger partial charge in [0.1, 0.15) is 5.82 Å². The van der Waals surface area contributed by atoms with E-state index >= 15 is 0 Å². The van der Waals surface area contributed by atoms with Gasteiger partial charge in [0.2, 0.25) is 5.91 Å². The van der Waals surface area contributed by atoms with Gasteiger partial charge in [-0.2, -0.15) is 0 Å². The quantitative estimate of drug-likeness (QED) is 0.633. The Labute approximate surface area is 166 Å². The molecule has 1 atom stereocenters. The van der Waals surface area contributed by atoms with Gasteiger partial charge in [-0.15, -0.1) is 11.8 Å². The molecule has 1 fully saturated rings. The van der Waals surface area contributed by atoms with E-state index in [-0.39, 0.29) is 23.3 Å². The maximum atomic E-state index is 13.0. The van der Waals surface area contributed by atoms with E-state index in [4.69, 9.17) is 0 Å². The van der Waals surface area contributed by atoms with E-state index in [2.05, 4.69) is 4.98 Å². The zero-order chi connectivity index (χ0) is 19.5. The molecule has 4 rings (SSSR count). The number of benzene rings is 2. The van der Waals surface area contributed by atoms with Crippen LogP contribution in [0, 0.1) is 5.82 Å². The van der Waals surface area contributed by atoms with Gasteiger partial charge in [-0.25, -0.2) is 9.37 Å². The van der Waals surface area contributed by atoms with Crippen LogP contribution in [0.2, 0.25) is 0 Å². The van der Waals surface area contributed by atoms with E-state index in [1.54, 1.807) is 29.1 Å². The molecule has 7 heteroatoms. The van der Waals surface area contributed by atoms with Crippen LogP contribution in [0.4, 0.5) is 4.39 Å². The van der Waals surface area contributed by atoms with E-state index in [0.29, 0.717) is 29.7 Å². The Hall–Kier alpha value is -2.67. The molecule has 0 aliphatic carbocycles. The molecule has 1 aliphatic heterocycles. The number of halogens is 1. The lowest BCUT2D eigenvalue weighted by molar-refractivity contribution is -0.130. The van der Waals surface area contributed by atoms with Crippen LogP contribution in [0.15, 0.2) is 64.5 Å². The number of hydrogen-bond acceptors (Lipinski definition) is 4. The molecule has 5 nitrogen and oxygen atoms in total. The number of carbonyl (C=O) groups excluding carboxylic acids is 1. The van der Waals surface area contributed by atoms with Crippen molar-refractivity contribution in [2.24, 2.45) is 0 Å². The third-order valence-electron chi connectivity index (χ3n) is 5.01. The van der Waals surface area contributed by atoms with Crippen LogP contribution in [0.5, 0.6) is 0 Å². The van der Waals surface area contributed by atoms with Crippen molar-refractivity contribution in [2.45, 2.75) is 23.8 Å². The van der Waals surface area contributed by atoms with Gasteiger partial charge in [0.25, 0.3) is 5.56 Å². The maximum absolute atomic E-state index is 13.0. The first kappa shape index (κ1) is 18.7. The van der Waals surface area contributed by atoms with Gasteiger partial charge in [-0.05, 0) is 49.2 Å². The van der Waals surface area contributed by atoms with Crippen LogP contribution in [-0.2, 0) is 4.79 Å². The molecule has 3 aromatic rings. The number of piperidine rings is 1. The predicted molar refractivity (Wildman–Crippen MR) is 108 cm³/mol. The summed E-state index contributed by atoms with van der Waals surface area (Å²) in [5.74, 6) is 0.0354. The standard InChI is InChI=1S/C21H20FN3O2S/c22-15-7-9-17(10-8-15)28-13-20(26)24-11-3-4-16(12-24)25-14-23-19-6-2-1-5-18(19)21(25)27/h1-2,5-10,14,16H,3-4,11-13H2. The summed E-state index contributed by atoms with van der Waals surface area (Å²) in [5, 5.41) is 0.598. The zero-order valence-corrected chi connectivity index (χ0v) is 16.1.